The summed E-state index contributed by atoms with van der Waals surface area (Å²) in [6.07, 6.45) is 1.54. The van der Waals surface area contributed by atoms with Crippen LogP contribution in [-0.2, 0) is 4.18 Å². The molecule has 0 aromatic heterocycles. The molecule has 1 radical (unpaired) electrons. The minimum Gasteiger partial charge on any atom is -0.420 e. The van der Waals surface area contributed by atoms with Crippen LogP contribution in [0.5, 0.6) is 0 Å². The molecule has 0 fully saturated rings. The summed E-state index contributed by atoms with van der Waals surface area (Å²) >= 11 is 1.32. The van der Waals surface area contributed by atoms with Gasteiger partial charge in [-0.1, -0.05) is 0 Å². The third-order valence-electron chi connectivity index (χ3n) is 0.218. The second-order valence-corrected chi connectivity index (χ2v) is 2.12. The molecule has 3 heteroatoms. The fraction of sp³-hybridized carbons (Fsp3) is 0. The van der Waals surface area contributed by atoms with E-state index in [2.05, 4.69) is 9.59 Å². The maximum atomic E-state index is 4.59. The Hall–Kier alpha value is 0.240. The zero-order valence-corrected chi connectivity index (χ0v) is 3.94. The molecule has 1 rings (SSSR count). The van der Waals surface area contributed by atoms with Crippen molar-refractivity contribution in [2.45, 2.75) is 0 Å². The van der Waals surface area contributed by atoms with Crippen LogP contribution in [0, 0.1) is 5.41 Å². The Bertz CT molecular complexity index is 45.6. The van der Waals surface area contributed by atoms with E-state index in [1.807, 2.05) is 0 Å². The molecular formula is C2HOS2. The van der Waals surface area contributed by atoms with Gasteiger partial charge in [-0.05, 0) is 10.8 Å². The molecular weight excluding hydrogens is 104 g/mol. The molecule has 27 valence electrons. The highest BCUT2D eigenvalue weighted by atomic mass is 33.1. The first kappa shape index (κ1) is 3.43. The van der Waals surface area contributed by atoms with Crippen LogP contribution in [0.25, 0.3) is 0 Å². The normalized spacial score (nSPS) is 19.2. The van der Waals surface area contributed by atoms with Crippen molar-refractivity contribution in [1.82, 2.24) is 0 Å². The van der Waals surface area contributed by atoms with Crippen LogP contribution in [0.4, 0.5) is 0 Å². The van der Waals surface area contributed by atoms with Gasteiger partial charge in [0.15, 0.2) is 0 Å². The Morgan fingerprint density at radius 2 is 2.80 bits per heavy atom. The van der Waals surface area contributed by atoms with E-state index in [9.17, 15) is 0 Å². The summed E-state index contributed by atoms with van der Waals surface area (Å²) in [5.74, 6) is 0. The van der Waals surface area contributed by atoms with Crippen molar-refractivity contribution in [1.29, 1.82) is 0 Å². The van der Waals surface area contributed by atoms with Crippen molar-refractivity contribution in [3.63, 3.8) is 0 Å². The van der Waals surface area contributed by atoms with Crippen molar-refractivity contribution in [2.75, 3.05) is 0 Å². The Morgan fingerprint density at radius 3 is 3.00 bits per heavy atom. The zero-order chi connectivity index (χ0) is 3.54. The molecule has 0 unspecified atom stereocenters. The highest BCUT2D eigenvalue weighted by Gasteiger charge is 1.88. The van der Waals surface area contributed by atoms with Crippen LogP contribution in [0.2, 0.25) is 0 Å². The van der Waals surface area contributed by atoms with E-state index in [1.54, 1.807) is 0 Å². The fourth-order valence-electron chi connectivity index (χ4n) is 0.0982. The van der Waals surface area contributed by atoms with Crippen molar-refractivity contribution < 1.29 is 4.18 Å². The van der Waals surface area contributed by atoms with Crippen LogP contribution >= 0.6 is 21.9 Å². The number of hydrogen-bond donors (Lipinski definition) is 0. The van der Waals surface area contributed by atoms with Crippen LogP contribution in [-0.4, -0.2) is 0 Å². The largest absolute Gasteiger partial charge is 0.420 e. The first-order chi connectivity index (χ1) is 2.50. The minimum absolute atomic E-state index is 1.32. The predicted octanol–water partition coefficient (Wildman–Crippen LogP) is 1.59. The molecule has 1 aliphatic rings. The molecule has 0 aliphatic carbocycles. The summed E-state index contributed by atoms with van der Waals surface area (Å²) in [6.45, 7) is 0. The maximum absolute atomic E-state index is 4.59. The molecule has 0 spiro atoms. The lowest BCUT2D eigenvalue weighted by molar-refractivity contribution is 0.578. The Morgan fingerprint density at radius 1 is 1.80 bits per heavy atom. The van der Waals surface area contributed by atoms with Crippen molar-refractivity contribution in [3.05, 3.63) is 11.7 Å². The highest BCUT2D eigenvalue weighted by Crippen LogP contribution is 2.28. The first-order valence-electron chi connectivity index (χ1n) is 1.06. The fourth-order valence-corrected chi connectivity index (χ4v) is 0.884. The molecule has 0 aromatic carbocycles. The standard InChI is InChI=1S/C2HOS2/c1-2-4-5-3-1/h1H. The summed E-state index contributed by atoms with van der Waals surface area (Å²) in [6, 6.07) is 0. The van der Waals surface area contributed by atoms with Gasteiger partial charge in [-0.2, -0.15) is 0 Å². The van der Waals surface area contributed by atoms with Crippen molar-refractivity contribution >= 4 is 21.9 Å². The second-order valence-electron chi connectivity index (χ2n) is 0.483. The van der Waals surface area contributed by atoms with Gasteiger partial charge < -0.3 is 4.18 Å². The van der Waals surface area contributed by atoms with Gasteiger partial charge >= 0.3 is 0 Å². The molecule has 1 aliphatic heterocycles. The second kappa shape index (κ2) is 1.62. The van der Waals surface area contributed by atoms with Gasteiger partial charge in [0.05, 0.1) is 5.41 Å². The van der Waals surface area contributed by atoms with Gasteiger partial charge in [0.1, 0.15) is 17.3 Å². The zero-order valence-electron chi connectivity index (χ0n) is 2.30. The molecule has 1 heterocycles. The summed E-state index contributed by atoms with van der Waals surface area (Å²) in [7, 11) is 1.46. The lowest BCUT2D eigenvalue weighted by Gasteiger charge is -1.74. The molecule has 0 saturated heterocycles. The van der Waals surface area contributed by atoms with E-state index in [0.29, 0.717) is 0 Å². The molecule has 1 nitrogen and oxygen atoms in total. The Balaban J connectivity index is 2.32. The van der Waals surface area contributed by atoms with Gasteiger partial charge in [0.2, 0.25) is 0 Å². The van der Waals surface area contributed by atoms with E-state index in [0.717, 1.165) is 0 Å². The van der Waals surface area contributed by atoms with Crippen LogP contribution in [0.15, 0.2) is 6.26 Å². The lowest BCUT2D eigenvalue weighted by Crippen LogP contribution is -1.40. The lowest BCUT2D eigenvalue weighted by atomic mass is 11.2. The van der Waals surface area contributed by atoms with Gasteiger partial charge in [-0.15, -0.1) is 0 Å². The van der Waals surface area contributed by atoms with E-state index in [1.165, 1.54) is 28.1 Å². The smallest absolute Gasteiger partial charge is 0.130 e. The predicted molar refractivity (Wildman–Crippen MR) is 24.1 cm³/mol. The number of rotatable bonds is 0. The molecule has 0 N–H and O–H groups in total. The molecule has 0 atom stereocenters. The molecule has 0 aromatic rings. The van der Waals surface area contributed by atoms with Crippen LogP contribution in [0.1, 0.15) is 0 Å². The van der Waals surface area contributed by atoms with Gasteiger partial charge in [0.25, 0.3) is 0 Å². The van der Waals surface area contributed by atoms with E-state index >= 15 is 0 Å². The van der Waals surface area contributed by atoms with E-state index < -0.39 is 0 Å². The monoisotopic (exact) mass is 105 g/mol. The SMILES string of the molecule is [C]1=COSS1. The van der Waals surface area contributed by atoms with Gasteiger partial charge in [0, 0.05) is 0 Å². The Kier molecular flexibility index (Phi) is 1.11. The molecule has 0 bridgehead atoms. The highest BCUT2D eigenvalue weighted by molar-refractivity contribution is 8.75. The summed E-state index contributed by atoms with van der Waals surface area (Å²) in [5.41, 5.74) is 0. The molecule has 0 saturated carbocycles. The maximum Gasteiger partial charge on any atom is 0.130 e. The van der Waals surface area contributed by atoms with E-state index in [-0.39, 0.29) is 0 Å². The quantitative estimate of drug-likeness (QED) is 0.342. The molecule has 5 heavy (non-hydrogen) atoms. The minimum atomic E-state index is 1.32. The summed E-state index contributed by atoms with van der Waals surface area (Å²) in [4.78, 5) is 0. The third kappa shape index (κ3) is 0.775. The third-order valence-corrected chi connectivity index (χ3v) is 1.38. The van der Waals surface area contributed by atoms with Crippen molar-refractivity contribution in [2.24, 2.45) is 0 Å². The number of hydrogen-bond acceptors (Lipinski definition) is 3. The average molecular weight is 105 g/mol. The van der Waals surface area contributed by atoms with Crippen molar-refractivity contribution in [3.8, 4) is 0 Å². The Labute approximate surface area is 38.4 Å². The topological polar surface area (TPSA) is 9.23 Å². The molecule has 0 amide bonds. The van der Waals surface area contributed by atoms with E-state index in [4.69, 9.17) is 0 Å². The van der Waals surface area contributed by atoms with Gasteiger partial charge in [-0.25, -0.2) is 0 Å². The van der Waals surface area contributed by atoms with Crippen LogP contribution in [0.3, 0.4) is 0 Å². The summed E-state index contributed by atoms with van der Waals surface area (Å²) in [5, 5.41) is 2.75. The first-order valence-corrected chi connectivity index (χ1v) is 3.14. The average Bonchev–Trinajstić information content (AvgIpc) is 1.76. The van der Waals surface area contributed by atoms with Crippen LogP contribution < -0.4 is 0 Å². The van der Waals surface area contributed by atoms with Gasteiger partial charge in [-0.3, -0.25) is 0 Å². The summed E-state index contributed by atoms with van der Waals surface area (Å²) < 4.78 is 4.59.